The maximum atomic E-state index is 12.7. The number of carbonyl (C=O) groups excluding carboxylic acids is 1. The van der Waals surface area contributed by atoms with Crippen LogP contribution in [0.4, 0.5) is 13.2 Å². The van der Waals surface area contributed by atoms with Crippen LogP contribution in [0.1, 0.15) is 32.9 Å². The van der Waals surface area contributed by atoms with Crippen LogP contribution in [-0.4, -0.2) is 22.1 Å². The summed E-state index contributed by atoms with van der Waals surface area (Å²) in [6.07, 6.45) is -4.80. The van der Waals surface area contributed by atoms with E-state index >= 15 is 0 Å². The van der Waals surface area contributed by atoms with Crippen LogP contribution in [0.2, 0.25) is 0 Å². The Hall–Kier alpha value is -3.29. The lowest BCUT2D eigenvalue weighted by Gasteiger charge is -2.13. The third-order valence-electron chi connectivity index (χ3n) is 4.42. The number of halogens is 3. The number of aromatic nitrogens is 2. The van der Waals surface area contributed by atoms with Crippen LogP contribution >= 0.6 is 0 Å². The standard InChI is InChI=1S/C21H20F3N3O2/c1-14-19(15(2)27(26-14)13-16-8-4-3-5-9-16)20(28)25-12-17-10-6-7-11-18(17)29-21(22,23)24/h3-11H,12-13H2,1-2H3,(H,25,28). The van der Waals surface area contributed by atoms with Crippen LogP contribution in [0, 0.1) is 13.8 Å². The fourth-order valence-electron chi connectivity index (χ4n) is 3.07. The monoisotopic (exact) mass is 403 g/mol. The molecule has 3 rings (SSSR count). The second kappa shape index (κ2) is 8.38. The molecule has 0 atom stereocenters. The number of alkyl halides is 3. The number of rotatable bonds is 6. The summed E-state index contributed by atoms with van der Waals surface area (Å²) >= 11 is 0. The van der Waals surface area contributed by atoms with Gasteiger partial charge in [0.15, 0.2) is 0 Å². The molecule has 0 aliphatic rings. The smallest absolute Gasteiger partial charge is 0.405 e. The minimum atomic E-state index is -4.80. The lowest BCUT2D eigenvalue weighted by Crippen LogP contribution is -2.25. The van der Waals surface area contributed by atoms with Gasteiger partial charge in [0.25, 0.3) is 5.91 Å². The van der Waals surface area contributed by atoms with Crippen molar-refractivity contribution >= 4 is 5.91 Å². The highest BCUT2D eigenvalue weighted by Gasteiger charge is 2.32. The Morgan fingerprint density at radius 3 is 2.41 bits per heavy atom. The van der Waals surface area contributed by atoms with Crippen molar-refractivity contribution < 1.29 is 22.7 Å². The van der Waals surface area contributed by atoms with Crippen molar-refractivity contribution in [3.63, 3.8) is 0 Å². The molecule has 3 aromatic rings. The number of nitrogens with one attached hydrogen (secondary N) is 1. The van der Waals surface area contributed by atoms with E-state index in [1.54, 1.807) is 24.6 Å². The van der Waals surface area contributed by atoms with E-state index in [9.17, 15) is 18.0 Å². The van der Waals surface area contributed by atoms with E-state index in [-0.39, 0.29) is 17.9 Å². The van der Waals surface area contributed by atoms with Gasteiger partial charge in [0, 0.05) is 17.8 Å². The van der Waals surface area contributed by atoms with Gasteiger partial charge >= 0.3 is 6.36 Å². The Morgan fingerprint density at radius 2 is 1.72 bits per heavy atom. The molecule has 0 radical (unpaired) electrons. The number of hydrogen-bond donors (Lipinski definition) is 1. The first-order valence-corrected chi connectivity index (χ1v) is 8.94. The van der Waals surface area contributed by atoms with Crippen molar-refractivity contribution in [3.8, 4) is 5.75 Å². The van der Waals surface area contributed by atoms with Crippen LogP contribution < -0.4 is 10.1 Å². The largest absolute Gasteiger partial charge is 0.573 e. The molecule has 29 heavy (non-hydrogen) atoms. The fraction of sp³-hybridized carbons (Fsp3) is 0.238. The molecule has 1 heterocycles. The number of para-hydroxylation sites is 1. The molecule has 0 saturated carbocycles. The van der Waals surface area contributed by atoms with Crippen molar-refractivity contribution in [1.82, 2.24) is 15.1 Å². The van der Waals surface area contributed by atoms with E-state index < -0.39 is 12.3 Å². The van der Waals surface area contributed by atoms with Gasteiger partial charge in [-0.15, -0.1) is 13.2 Å². The van der Waals surface area contributed by atoms with Gasteiger partial charge in [-0.05, 0) is 25.5 Å². The number of aryl methyl sites for hydroxylation is 1. The number of ether oxygens (including phenoxy) is 1. The van der Waals surface area contributed by atoms with Crippen LogP contribution in [0.25, 0.3) is 0 Å². The minimum Gasteiger partial charge on any atom is -0.405 e. The van der Waals surface area contributed by atoms with E-state index in [1.165, 1.54) is 18.2 Å². The number of amides is 1. The van der Waals surface area contributed by atoms with Crippen LogP contribution in [0.15, 0.2) is 54.6 Å². The summed E-state index contributed by atoms with van der Waals surface area (Å²) in [4.78, 5) is 12.7. The molecule has 8 heteroatoms. The molecule has 0 aliphatic heterocycles. The normalized spacial score (nSPS) is 11.3. The number of nitrogens with zero attached hydrogens (tertiary/aromatic N) is 2. The molecule has 1 aromatic heterocycles. The van der Waals surface area contributed by atoms with Gasteiger partial charge in [-0.3, -0.25) is 9.48 Å². The molecule has 0 bridgehead atoms. The Kier molecular flexibility index (Phi) is 5.91. The molecular formula is C21H20F3N3O2. The summed E-state index contributed by atoms with van der Waals surface area (Å²) in [5.41, 5.74) is 2.92. The minimum absolute atomic E-state index is 0.103. The van der Waals surface area contributed by atoms with Crippen molar-refractivity contribution in [2.45, 2.75) is 33.3 Å². The van der Waals surface area contributed by atoms with Crippen molar-refractivity contribution in [2.24, 2.45) is 0 Å². The third kappa shape index (κ3) is 5.16. The first kappa shape index (κ1) is 20.4. The number of carbonyl (C=O) groups is 1. The van der Waals surface area contributed by atoms with Gasteiger partial charge in [-0.2, -0.15) is 5.10 Å². The molecular weight excluding hydrogens is 383 g/mol. The maximum absolute atomic E-state index is 12.7. The zero-order valence-corrected chi connectivity index (χ0v) is 16.0. The van der Waals surface area contributed by atoms with Gasteiger partial charge < -0.3 is 10.1 Å². The van der Waals surface area contributed by atoms with Crippen molar-refractivity contribution in [2.75, 3.05) is 0 Å². The second-order valence-electron chi connectivity index (χ2n) is 6.53. The predicted molar refractivity (Wildman–Crippen MR) is 102 cm³/mol. The van der Waals surface area contributed by atoms with Gasteiger partial charge in [-0.1, -0.05) is 48.5 Å². The molecule has 2 aromatic carbocycles. The molecule has 0 spiro atoms. The summed E-state index contributed by atoms with van der Waals surface area (Å²) in [5, 5.41) is 7.09. The van der Waals surface area contributed by atoms with Crippen LogP contribution in [0.5, 0.6) is 5.75 Å². The van der Waals surface area contributed by atoms with Gasteiger partial charge in [0.2, 0.25) is 0 Å². The zero-order chi connectivity index (χ0) is 21.0. The summed E-state index contributed by atoms with van der Waals surface area (Å²) in [5.74, 6) is -0.741. The SMILES string of the molecule is Cc1nn(Cc2ccccc2)c(C)c1C(=O)NCc1ccccc1OC(F)(F)F. The lowest BCUT2D eigenvalue weighted by molar-refractivity contribution is -0.274. The van der Waals surface area contributed by atoms with E-state index in [1.807, 2.05) is 30.3 Å². The first-order chi connectivity index (χ1) is 13.7. The van der Waals surface area contributed by atoms with E-state index in [2.05, 4.69) is 15.2 Å². The Morgan fingerprint density at radius 1 is 1.07 bits per heavy atom. The molecule has 1 amide bonds. The van der Waals surface area contributed by atoms with Gasteiger partial charge in [0.05, 0.1) is 17.8 Å². The summed E-state index contributed by atoms with van der Waals surface area (Å²) < 4.78 is 43.4. The summed E-state index contributed by atoms with van der Waals surface area (Å²) in [7, 11) is 0. The molecule has 1 N–H and O–H groups in total. The van der Waals surface area contributed by atoms with Gasteiger partial charge in [-0.25, -0.2) is 0 Å². The number of hydrogen-bond acceptors (Lipinski definition) is 3. The van der Waals surface area contributed by atoms with E-state index in [0.717, 1.165) is 5.56 Å². The lowest BCUT2D eigenvalue weighted by atomic mass is 10.1. The average molecular weight is 403 g/mol. The highest BCUT2D eigenvalue weighted by molar-refractivity contribution is 5.96. The fourth-order valence-corrected chi connectivity index (χ4v) is 3.07. The third-order valence-corrected chi connectivity index (χ3v) is 4.42. The van der Waals surface area contributed by atoms with E-state index in [4.69, 9.17) is 0 Å². The van der Waals surface area contributed by atoms with Gasteiger partial charge in [0.1, 0.15) is 5.75 Å². The van der Waals surface area contributed by atoms with Crippen molar-refractivity contribution in [3.05, 3.63) is 82.7 Å². The van der Waals surface area contributed by atoms with Crippen LogP contribution in [-0.2, 0) is 13.1 Å². The Balaban J connectivity index is 1.74. The topological polar surface area (TPSA) is 56.2 Å². The average Bonchev–Trinajstić information content (AvgIpc) is 2.94. The first-order valence-electron chi connectivity index (χ1n) is 8.94. The van der Waals surface area contributed by atoms with E-state index in [0.29, 0.717) is 23.5 Å². The summed E-state index contributed by atoms with van der Waals surface area (Å²) in [6, 6.07) is 15.4. The molecule has 0 unspecified atom stereocenters. The number of benzene rings is 2. The zero-order valence-electron chi connectivity index (χ0n) is 16.0. The summed E-state index contributed by atoms with van der Waals surface area (Å²) in [6.45, 7) is 3.93. The highest BCUT2D eigenvalue weighted by Crippen LogP contribution is 2.26. The molecule has 0 fully saturated rings. The highest BCUT2D eigenvalue weighted by atomic mass is 19.4. The second-order valence-corrected chi connectivity index (χ2v) is 6.53. The Bertz CT molecular complexity index is 998. The Labute approximate surface area is 166 Å². The molecule has 0 aliphatic carbocycles. The van der Waals surface area contributed by atoms with Crippen molar-refractivity contribution in [1.29, 1.82) is 0 Å². The molecule has 0 saturated heterocycles. The van der Waals surface area contributed by atoms with Crippen LogP contribution in [0.3, 0.4) is 0 Å². The molecule has 152 valence electrons. The maximum Gasteiger partial charge on any atom is 0.573 e. The molecule has 5 nitrogen and oxygen atoms in total. The predicted octanol–water partition coefficient (Wildman–Crippen LogP) is 4.38. The quantitative estimate of drug-likeness (QED) is 0.665.